The molecule has 5 rings (SSSR count). The van der Waals surface area contributed by atoms with Gasteiger partial charge in [0.15, 0.2) is 0 Å². The van der Waals surface area contributed by atoms with Gasteiger partial charge in [-0.05, 0) is 130 Å². The Bertz CT molecular complexity index is 1020. The van der Waals surface area contributed by atoms with Gasteiger partial charge in [-0.2, -0.15) is 0 Å². The topological polar surface area (TPSA) is 61.3 Å². The first-order chi connectivity index (χ1) is 17.9. The molecule has 4 saturated carbocycles. The van der Waals surface area contributed by atoms with Crippen LogP contribution in [0.25, 0.3) is 0 Å². The molecule has 0 spiro atoms. The number of nitrogens with two attached hydrogens (primary N) is 2. The van der Waals surface area contributed by atoms with Crippen molar-refractivity contribution in [2.24, 2.45) is 51.8 Å². The minimum Gasteiger partial charge on any atom is -0.490 e. The first-order valence-corrected chi connectivity index (χ1v) is 15.8. The molecule has 212 valence electrons. The zero-order chi connectivity index (χ0) is 27.5. The number of nitrogen functional groups attached to an aromatic ring is 2. The first-order valence-electron chi connectivity index (χ1n) is 15.8. The van der Waals surface area contributed by atoms with Crippen LogP contribution >= 0.6 is 0 Å². The second kappa shape index (κ2) is 10.1. The van der Waals surface area contributed by atoms with Crippen LogP contribution in [0.4, 0.5) is 11.4 Å². The molecule has 1 aromatic rings. The summed E-state index contributed by atoms with van der Waals surface area (Å²) in [5.74, 6) is 6.03. The molecule has 1 aromatic carbocycles. The molecule has 4 N–H and O–H groups in total. The highest BCUT2D eigenvalue weighted by atomic mass is 16.5. The molecule has 3 heteroatoms. The lowest BCUT2D eigenvalue weighted by atomic mass is 9.41. The van der Waals surface area contributed by atoms with Crippen LogP contribution in [0.2, 0.25) is 0 Å². The molecule has 0 saturated heterocycles. The third kappa shape index (κ3) is 4.68. The number of benzene rings is 1. The molecular weight excluding hydrogens is 464 g/mol. The predicted molar refractivity (Wildman–Crippen MR) is 162 cm³/mol. The number of fused-ring (bicyclic) bond motifs is 5. The largest absolute Gasteiger partial charge is 0.490 e. The summed E-state index contributed by atoms with van der Waals surface area (Å²) in [4.78, 5) is 0. The minimum absolute atomic E-state index is 0.135. The summed E-state index contributed by atoms with van der Waals surface area (Å²) < 4.78 is 6.67. The van der Waals surface area contributed by atoms with Crippen molar-refractivity contribution in [1.29, 1.82) is 0 Å². The number of rotatable bonds is 6. The first kappa shape index (κ1) is 27.9. The molecule has 0 aliphatic heterocycles. The van der Waals surface area contributed by atoms with E-state index in [0.29, 0.717) is 28.1 Å². The third-order valence-corrected chi connectivity index (χ3v) is 12.7. The Labute approximate surface area is 233 Å². The van der Waals surface area contributed by atoms with Crippen LogP contribution in [0.3, 0.4) is 0 Å². The lowest BCUT2D eigenvalue weighted by Gasteiger charge is -2.65. The van der Waals surface area contributed by atoms with E-state index in [1.54, 1.807) is 0 Å². The van der Waals surface area contributed by atoms with Crippen LogP contribution in [0.1, 0.15) is 113 Å². The van der Waals surface area contributed by atoms with Crippen molar-refractivity contribution in [3.63, 3.8) is 0 Å². The van der Waals surface area contributed by atoms with E-state index in [-0.39, 0.29) is 11.5 Å². The normalized spacial score (nSPS) is 40.4. The summed E-state index contributed by atoms with van der Waals surface area (Å²) in [6.07, 6.45) is 16.3. The Morgan fingerprint density at radius 2 is 1.55 bits per heavy atom. The van der Waals surface area contributed by atoms with Crippen LogP contribution < -0.4 is 16.2 Å². The monoisotopic (exact) mass is 520 g/mol. The summed E-state index contributed by atoms with van der Waals surface area (Å²) in [5.41, 5.74) is 16.1. The maximum Gasteiger partial charge on any atom is 0.123 e. The Kier molecular flexibility index (Phi) is 7.40. The smallest absolute Gasteiger partial charge is 0.123 e. The average molecular weight is 521 g/mol. The SMILES string of the molecule is CC(C)=CCCC(C)C1CCC2C3CCC4C(C)(C)C(Oc5cc(N)cc(N)c5)CCC4(C)C3CCC12C. The molecule has 0 radical (unpaired) electrons. The maximum atomic E-state index is 6.67. The highest BCUT2D eigenvalue weighted by molar-refractivity contribution is 5.56. The van der Waals surface area contributed by atoms with Crippen molar-refractivity contribution >= 4 is 11.4 Å². The zero-order valence-electron chi connectivity index (χ0n) is 25.5. The minimum atomic E-state index is 0.135. The molecule has 0 bridgehead atoms. The van der Waals surface area contributed by atoms with Gasteiger partial charge >= 0.3 is 0 Å². The Balaban J connectivity index is 1.31. The van der Waals surface area contributed by atoms with Gasteiger partial charge in [0, 0.05) is 28.9 Å². The van der Waals surface area contributed by atoms with Crippen molar-refractivity contribution in [3.8, 4) is 5.75 Å². The Morgan fingerprint density at radius 1 is 0.895 bits per heavy atom. The van der Waals surface area contributed by atoms with E-state index >= 15 is 0 Å². The molecule has 38 heavy (non-hydrogen) atoms. The lowest BCUT2D eigenvalue weighted by molar-refractivity contribution is -0.174. The van der Waals surface area contributed by atoms with Crippen molar-refractivity contribution in [3.05, 3.63) is 29.8 Å². The van der Waals surface area contributed by atoms with Gasteiger partial charge in [-0.3, -0.25) is 0 Å². The van der Waals surface area contributed by atoms with E-state index < -0.39 is 0 Å². The van der Waals surface area contributed by atoms with Crippen molar-refractivity contribution in [2.45, 2.75) is 119 Å². The highest BCUT2D eigenvalue weighted by Crippen LogP contribution is 2.70. The van der Waals surface area contributed by atoms with E-state index in [4.69, 9.17) is 16.2 Å². The van der Waals surface area contributed by atoms with Crippen LogP contribution in [-0.2, 0) is 0 Å². The standard InChI is InChI=1S/C35H56N2O/c1-22(2)9-8-10-23(3)28-12-13-29-27-11-14-31-33(4,5)32(38-26-20-24(36)19-25(37)21-26)16-18-35(31,7)30(27)15-17-34(28,29)6/h9,19-21,23,27-32H,8,10-18,36-37H2,1-7H3. The molecule has 4 fully saturated rings. The van der Waals surface area contributed by atoms with Crippen molar-refractivity contribution in [1.82, 2.24) is 0 Å². The van der Waals surface area contributed by atoms with Gasteiger partial charge in [0.2, 0.25) is 0 Å². The number of ether oxygens (including phenoxy) is 1. The highest BCUT2D eigenvalue weighted by Gasteiger charge is 2.63. The van der Waals surface area contributed by atoms with Gasteiger partial charge in [0.25, 0.3) is 0 Å². The summed E-state index contributed by atoms with van der Waals surface area (Å²) in [6, 6.07) is 5.69. The fourth-order valence-corrected chi connectivity index (χ4v) is 11.0. The quantitative estimate of drug-likeness (QED) is 0.290. The molecule has 9 unspecified atom stereocenters. The number of allylic oxidation sites excluding steroid dienone is 2. The summed E-state index contributed by atoms with van der Waals surface area (Å²) in [6.45, 7) is 17.4. The van der Waals surface area contributed by atoms with Crippen molar-refractivity contribution in [2.75, 3.05) is 11.5 Å². The predicted octanol–water partition coefficient (Wildman–Crippen LogP) is 9.28. The van der Waals surface area contributed by atoms with Gasteiger partial charge < -0.3 is 16.2 Å². The molecule has 0 heterocycles. The van der Waals surface area contributed by atoms with Gasteiger partial charge in [0.1, 0.15) is 11.9 Å². The zero-order valence-corrected chi connectivity index (χ0v) is 25.5. The van der Waals surface area contributed by atoms with E-state index in [1.807, 2.05) is 18.2 Å². The lowest BCUT2D eigenvalue weighted by Crippen LogP contribution is -2.60. The number of hydrogen-bond donors (Lipinski definition) is 2. The second-order valence-electron chi connectivity index (χ2n) is 15.4. The van der Waals surface area contributed by atoms with E-state index in [2.05, 4.69) is 54.5 Å². The van der Waals surface area contributed by atoms with Crippen LogP contribution in [0.5, 0.6) is 5.75 Å². The maximum absolute atomic E-state index is 6.67. The average Bonchev–Trinajstić information content (AvgIpc) is 3.17. The van der Waals surface area contributed by atoms with Crippen LogP contribution in [0.15, 0.2) is 29.8 Å². The van der Waals surface area contributed by atoms with Gasteiger partial charge in [0.05, 0.1) is 0 Å². The summed E-state index contributed by atoms with van der Waals surface area (Å²) >= 11 is 0. The molecule has 9 atom stereocenters. The third-order valence-electron chi connectivity index (χ3n) is 12.7. The van der Waals surface area contributed by atoms with Crippen LogP contribution in [0, 0.1) is 51.8 Å². The molecular formula is C35H56N2O. The van der Waals surface area contributed by atoms with E-state index in [9.17, 15) is 0 Å². The van der Waals surface area contributed by atoms with E-state index in [1.165, 1.54) is 63.4 Å². The molecule has 3 nitrogen and oxygen atoms in total. The van der Waals surface area contributed by atoms with E-state index in [0.717, 1.165) is 41.8 Å². The molecule has 4 aliphatic rings. The van der Waals surface area contributed by atoms with Gasteiger partial charge in [-0.25, -0.2) is 0 Å². The van der Waals surface area contributed by atoms with Gasteiger partial charge in [-0.1, -0.05) is 46.3 Å². The van der Waals surface area contributed by atoms with Gasteiger partial charge in [-0.15, -0.1) is 0 Å². The summed E-state index contributed by atoms with van der Waals surface area (Å²) in [7, 11) is 0. The molecule has 0 aromatic heterocycles. The van der Waals surface area contributed by atoms with Crippen LogP contribution in [-0.4, -0.2) is 6.10 Å². The second-order valence-corrected chi connectivity index (χ2v) is 15.4. The number of hydrogen-bond acceptors (Lipinski definition) is 3. The Morgan fingerprint density at radius 3 is 2.24 bits per heavy atom. The fraction of sp³-hybridized carbons (Fsp3) is 0.771. The fourth-order valence-electron chi connectivity index (χ4n) is 11.0. The molecule has 4 aliphatic carbocycles. The van der Waals surface area contributed by atoms with Crippen molar-refractivity contribution < 1.29 is 4.74 Å². The number of anilines is 2. The Hall–Kier alpha value is -1.64. The summed E-state index contributed by atoms with van der Waals surface area (Å²) in [5, 5.41) is 0. The molecule has 0 amide bonds.